The second-order valence-electron chi connectivity index (χ2n) is 9.84. The molecular weight excluding hydrogens is 648 g/mol. The van der Waals surface area contributed by atoms with Gasteiger partial charge in [-0.1, -0.05) is 54.6 Å². The Morgan fingerprint density at radius 1 is 0.872 bits per heavy atom. The Kier molecular flexibility index (Phi) is 14.8. The Morgan fingerprint density at radius 3 is 1.79 bits per heavy atom. The highest BCUT2D eigenvalue weighted by Gasteiger charge is 2.43. The van der Waals surface area contributed by atoms with Crippen LogP contribution in [0.3, 0.4) is 0 Å². The number of rotatable bonds is 9. The van der Waals surface area contributed by atoms with E-state index in [0.29, 0.717) is 18.4 Å². The lowest BCUT2D eigenvalue weighted by Gasteiger charge is -2.26. The molecule has 0 aliphatic carbocycles. The minimum absolute atomic E-state index is 0.0431. The maximum absolute atomic E-state index is 13.0. The molecule has 0 saturated carbocycles. The molecule has 9 N–H and O–H groups in total. The molecular formula is C28H31F6N5O8. The summed E-state index contributed by atoms with van der Waals surface area (Å²) in [4.78, 5) is 56.6. The maximum Gasteiger partial charge on any atom is 0.490 e. The average molecular weight is 680 g/mol. The number of nitrogens with one attached hydrogen (secondary N) is 2. The highest BCUT2D eigenvalue weighted by Crippen LogP contribution is 2.25. The van der Waals surface area contributed by atoms with Gasteiger partial charge in [0.2, 0.25) is 11.8 Å². The third-order valence-corrected chi connectivity index (χ3v) is 6.36. The average Bonchev–Trinajstić information content (AvgIpc) is 3.45. The summed E-state index contributed by atoms with van der Waals surface area (Å²) in [5, 5.41) is 33.9. The molecule has 0 aromatic heterocycles. The summed E-state index contributed by atoms with van der Waals surface area (Å²) >= 11 is 0. The Morgan fingerprint density at radius 2 is 1.36 bits per heavy atom. The number of aryl methyl sites for hydroxylation is 1. The van der Waals surface area contributed by atoms with E-state index in [1.165, 1.54) is 4.90 Å². The lowest BCUT2D eigenvalue weighted by atomic mass is 10.0. The number of likely N-dealkylation sites (tertiary alicyclic amines) is 1. The minimum atomic E-state index is -5.08. The molecule has 3 atom stereocenters. The molecule has 2 aromatic carbocycles. The minimum Gasteiger partial charge on any atom is -0.481 e. The summed E-state index contributed by atoms with van der Waals surface area (Å²) < 4.78 is 63.5. The monoisotopic (exact) mass is 679 g/mol. The first kappa shape index (κ1) is 39.8. The van der Waals surface area contributed by atoms with Gasteiger partial charge in [-0.05, 0) is 30.4 Å². The highest BCUT2D eigenvalue weighted by molar-refractivity contribution is 5.95. The Labute approximate surface area is 262 Å². The van der Waals surface area contributed by atoms with E-state index in [1.807, 2.05) is 30.3 Å². The van der Waals surface area contributed by atoms with Crippen LogP contribution in [-0.4, -0.2) is 86.8 Å². The van der Waals surface area contributed by atoms with Crippen molar-refractivity contribution >= 4 is 35.6 Å². The van der Waals surface area contributed by atoms with Crippen LogP contribution in [0.15, 0.2) is 54.6 Å². The number of halogens is 6. The lowest BCUT2D eigenvalue weighted by molar-refractivity contribution is -0.193. The molecule has 3 rings (SSSR count). The summed E-state index contributed by atoms with van der Waals surface area (Å²) in [6, 6.07) is 14.8. The van der Waals surface area contributed by atoms with Crippen LogP contribution in [-0.2, 0) is 36.9 Å². The normalized spacial score (nSPS) is 16.4. The van der Waals surface area contributed by atoms with Gasteiger partial charge < -0.3 is 37.0 Å². The zero-order valence-electron chi connectivity index (χ0n) is 24.2. The van der Waals surface area contributed by atoms with E-state index in [4.69, 9.17) is 36.7 Å². The zero-order chi connectivity index (χ0) is 36.1. The number of carboxylic acid groups (broad SMARTS) is 3. The SMILES string of the molecule is N=C(N)c1ccc(CNC(=O)[C@@H]2C[C@@H](C(=O)O)CN2C(=O)C(N)CCc2ccccc2)cc1.O=C(O)C(F)(F)F.O=C(O)C(F)(F)F. The molecule has 13 nitrogen and oxygen atoms in total. The summed E-state index contributed by atoms with van der Waals surface area (Å²) in [7, 11) is 0. The van der Waals surface area contributed by atoms with Gasteiger partial charge in [-0.3, -0.25) is 19.8 Å². The number of benzene rings is 2. The largest absolute Gasteiger partial charge is 0.490 e. The molecule has 1 fully saturated rings. The molecule has 0 bridgehead atoms. The van der Waals surface area contributed by atoms with Gasteiger partial charge in [0.15, 0.2) is 0 Å². The molecule has 0 radical (unpaired) electrons. The topological polar surface area (TPSA) is 237 Å². The summed E-state index contributed by atoms with van der Waals surface area (Å²) in [6.07, 6.45) is -9.12. The third kappa shape index (κ3) is 13.8. The van der Waals surface area contributed by atoms with Crippen molar-refractivity contribution in [1.29, 1.82) is 5.41 Å². The zero-order valence-corrected chi connectivity index (χ0v) is 24.2. The van der Waals surface area contributed by atoms with Crippen molar-refractivity contribution in [2.45, 2.75) is 50.2 Å². The van der Waals surface area contributed by atoms with Gasteiger partial charge in [-0.2, -0.15) is 26.3 Å². The van der Waals surface area contributed by atoms with E-state index < -0.39 is 60.1 Å². The van der Waals surface area contributed by atoms with E-state index in [0.717, 1.165) is 11.1 Å². The second-order valence-corrected chi connectivity index (χ2v) is 9.84. The molecule has 0 spiro atoms. The highest BCUT2D eigenvalue weighted by atomic mass is 19.4. The first-order valence-electron chi connectivity index (χ1n) is 13.3. The van der Waals surface area contributed by atoms with Crippen molar-refractivity contribution in [3.63, 3.8) is 0 Å². The van der Waals surface area contributed by atoms with Gasteiger partial charge in [0.05, 0.1) is 12.0 Å². The van der Waals surface area contributed by atoms with Crippen molar-refractivity contribution in [3.05, 3.63) is 71.3 Å². The van der Waals surface area contributed by atoms with Crippen molar-refractivity contribution < 1.29 is 65.6 Å². The van der Waals surface area contributed by atoms with Crippen molar-refractivity contribution in [1.82, 2.24) is 10.2 Å². The quantitative estimate of drug-likeness (QED) is 0.116. The van der Waals surface area contributed by atoms with Crippen LogP contribution in [0.5, 0.6) is 0 Å². The number of nitrogens with zero attached hydrogens (tertiary/aromatic N) is 1. The molecule has 1 heterocycles. The van der Waals surface area contributed by atoms with Gasteiger partial charge >= 0.3 is 30.3 Å². The molecule has 258 valence electrons. The standard InChI is InChI=1S/C24H29N5O4.2C2HF3O2/c25-19(11-8-15-4-2-1-3-5-15)23(31)29-14-18(24(32)33)12-20(29)22(30)28-13-16-6-9-17(10-7-16)21(26)27;2*3-2(4,5)1(6)7/h1-7,9-10,18-20H,8,11-14,25H2,(H3,26,27)(H,28,30)(H,32,33);2*(H,6,7)/t18-,19?,20+;;/m1../s1. The van der Waals surface area contributed by atoms with Crippen molar-refractivity contribution in [2.75, 3.05) is 6.54 Å². The number of alkyl halides is 6. The third-order valence-electron chi connectivity index (χ3n) is 6.36. The number of carboxylic acids is 3. The number of amides is 2. The molecule has 19 heteroatoms. The summed E-state index contributed by atoms with van der Waals surface area (Å²) in [5.74, 6) is -8.26. The predicted molar refractivity (Wildman–Crippen MR) is 151 cm³/mol. The van der Waals surface area contributed by atoms with Crippen LogP contribution < -0.4 is 16.8 Å². The van der Waals surface area contributed by atoms with Gasteiger partial charge in [-0.15, -0.1) is 0 Å². The van der Waals surface area contributed by atoms with Gasteiger partial charge in [0.25, 0.3) is 0 Å². The number of aliphatic carboxylic acids is 3. The molecule has 2 aromatic rings. The first-order chi connectivity index (χ1) is 21.6. The van der Waals surface area contributed by atoms with Crippen LogP contribution in [0.25, 0.3) is 0 Å². The smallest absolute Gasteiger partial charge is 0.481 e. The van der Waals surface area contributed by atoms with Crippen molar-refractivity contribution in [3.8, 4) is 0 Å². The summed E-state index contributed by atoms with van der Waals surface area (Å²) in [5.41, 5.74) is 14.0. The fourth-order valence-electron chi connectivity index (χ4n) is 3.92. The van der Waals surface area contributed by atoms with Gasteiger partial charge in [0.1, 0.15) is 11.9 Å². The first-order valence-corrected chi connectivity index (χ1v) is 13.3. The molecule has 1 unspecified atom stereocenters. The van der Waals surface area contributed by atoms with E-state index in [2.05, 4.69) is 5.32 Å². The number of nitrogen functional groups attached to an aromatic ring is 1. The van der Waals surface area contributed by atoms with E-state index in [-0.39, 0.29) is 25.3 Å². The van der Waals surface area contributed by atoms with E-state index in [1.54, 1.807) is 24.3 Å². The van der Waals surface area contributed by atoms with Crippen LogP contribution in [0, 0.1) is 11.3 Å². The molecule has 1 aliphatic heterocycles. The van der Waals surface area contributed by atoms with Crippen molar-refractivity contribution in [2.24, 2.45) is 17.4 Å². The fourth-order valence-corrected chi connectivity index (χ4v) is 3.92. The fraction of sp³-hybridized carbons (Fsp3) is 0.357. The van der Waals surface area contributed by atoms with Crippen LogP contribution in [0.4, 0.5) is 26.3 Å². The molecule has 2 amide bonds. The molecule has 47 heavy (non-hydrogen) atoms. The van der Waals surface area contributed by atoms with Crippen LogP contribution in [0.2, 0.25) is 0 Å². The summed E-state index contributed by atoms with van der Waals surface area (Å²) in [6.45, 7) is 0.159. The van der Waals surface area contributed by atoms with E-state index in [9.17, 15) is 45.8 Å². The number of carbonyl (C=O) groups is 5. The lowest BCUT2D eigenvalue weighted by Crippen LogP contribution is -2.51. The Bertz CT molecular complexity index is 1380. The number of nitrogens with two attached hydrogens (primary N) is 2. The Balaban J connectivity index is 0.000000658. The van der Waals surface area contributed by atoms with E-state index >= 15 is 0 Å². The number of amidine groups is 1. The molecule has 1 saturated heterocycles. The number of hydrogen-bond acceptors (Lipinski definition) is 7. The number of hydrogen-bond donors (Lipinski definition) is 7. The Hall–Kier alpha value is -5.20. The molecule has 1 aliphatic rings. The number of carbonyl (C=O) groups excluding carboxylic acids is 2. The second kappa shape index (κ2) is 17.5. The van der Waals surface area contributed by atoms with Crippen LogP contribution in [0.1, 0.15) is 29.5 Å². The van der Waals surface area contributed by atoms with Gasteiger partial charge in [0, 0.05) is 18.7 Å². The van der Waals surface area contributed by atoms with Gasteiger partial charge in [-0.25, -0.2) is 9.59 Å². The maximum atomic E-state index is 13.0. The predicted octanol–water partition coefficient (Wildman–Crippen LogP) is 2.12. The van der Waals surface area contributed by atoms with Crippen LogP contribution >= 0.6 is 0 Å².